The van der Waals surface area contributed by atoms with E-state index in [1.807, 2.05) is 32.0 Å². The van der Waals surface area contributed by atoms with Gasteiger partial charge in [0.2, 0.25) is 10.0 Å². The number of benzene rings is 1. The fourth-order valence-electron chi connectivity index (χ4n) is 2.95. The molecule has 22 heavy (non-hydrogen) atoms. The van der Waals surface area contributed by atoms with Crippen molar-refractivity contribution >= 4 is 37.4 Å². The largest absolute Gasteiger partial charge is 0.481 e. The normalized spacial score (nSPS) is 19.8. The minimum Gasteiger partial charge on any atom is -0.481 e. The van der Waals surface area contributed by atoms with E-state index in [0.717, 1.165) is 20.5 Å². The Morgan fingerprint density at radius 3 is 2.73 bits per heavy atom. The van der Waals surface area contributed by atoms with Gasteiger partial charge in [-0.1, -0.05) is 18.2 Å². The van der Waals surface area contributed by atoms with Crippen molar-refractivity contribution in [1.29, 1.82) is 0 Å². The van der Waals surface area contributed by atoms with E-state index in [2.05, 4.69) is 0 Å². The Balaban J connectivity index is 2.09. The first kappa shape index (κ1) is 15.5. The van der Waals surface area contributed by atoms with E-state index in [-0.39, 0.29) is 13.1 Å². The fourth-order valence-corrected chi connectivity index (χ4v) is 6.27. The van der Waals surface area contributed by atoms with Crippen LogP contribution < -0.4 is 0 Å². The average molecular weight is 339 g/mol. The maximum Gasteiger partial charge on any atom is 0.307 e. The second-order valence-electron chi connectivity index (χ2n) is 5.63. The maximum absolute atomic E-state index is 12.9. The van der Waals surface area contributed by atoms with Gasteiger partial charge in [0.15, 0.2) is 0 Å². The predicted octanol–water partition coefficient (Wildman–Crippen LogP) is 2.61. The van der Waals surface area contributed by atoms with Crippen LogP contribution in [0.2, 0.25) is 0 Å². The Morgan fingerprint density at radius 1 is 1.36 bits per heavy atom. The Morgan fingerprint density at radius 2 is 2.09 bits per heavy atom. The van der Waals surface area contributed by atoms with Gasteiger partial charge in [0.1, 0.15) is 4.90 Å². The predicted molar refractivity (Wildman–Crippen MR) is 85.8 cm³/mol. The number of aryl methyl sites for hydroxylation is 2. The number of hydrogen-bond acceptors (Lipinski definition) is 4. The summed E-state index contributed by atoms with van der Waals surface area (Å²) in [7, 11) is -3.66. The molecule has 0 bridgehead atoms. The van der Waals surface area contributed by atoms with Gasteiger partial charge in [-0.05, 0) is 25.8 Å². The van der Waals surface area contributed by atoms with Gasteiger partial charge < -0.3 is 5.11 Å². The van der Waals surface area contributed by atoms with E-state index in [1.54, 1.807) is 0 Å². The number of fused-ring (bicyclic) bond motifs is 1. The van der Waals surface area contributed by atoms with E-state index in [4.69, 9.17) is 5.11 Å². The standard InChI is InChI=1S/C15H17NO4S2/c1-9-4-3-5-12-13(9)21-10(2)14(12)22(19,20)16-7-6-11(8-16)15(17)18/h3-5,11H,6-8H2,1-2H3,(H,17,18). The van der Waals surface area contributed by atoms with Crippen molar-refractivity contribution in [2.45, 2.75) is 25.2 Å². The third-order valence-corrected chi connectivity index (χ3v) is 7.57. The van der Waals surface area contributed by atoms with Gasteiger partial charge in [-0.2, -0.15) is 4.31 Å². The lowest BCUT2D eigenvalue weighted by atomic mass is 10.1. The Hall–Kier alpha value is -1.44. The molecule has 1 fully saturated rings. The van der Waals surface area contributed by atoms with Crippen LogP contribution in [0.25, 0.3) is 10.1 Å². The van der Waals surface area contributed by atoms with Crippen LogP contribution in [0.15, 0.2) is 23.1 Å². The molecule has 0 saturated carbocycles. The van der Waals surface area contributed by atoms with E-state index in [0.29, 0.717) is 11.3 Å². The van der Waals surface area contributed by atoms with Crippen LogP contribution in [-0.2, 0) is 14.8 Å². The summed E-state index contributed by atoms with van der Waals surface area (Å²) in [6, 6.07) is 5.64. The number of carboxylic acids is 1. The van der Waals surface area contributed by atoms with Crippen molar-refractivity contribution in [3.63, 3.8) is 0 Å². The second kappa shape index (κ2) is 5.33. The number of hydrogen-bond donors (Lipinski definition) is 1. The molecule has 1 aromatic heterocycles. The van der Waals surface area contributed by atoms with Crippen LogP contribution >= 0.6 is 11.3 Å². The highest BCUT2D eigenvalue weighted by Gasteiger charge is 2.37. The van der Waals surface area contributed by atoms with Crippen molar-refractivity contribution in [2.24, 2.45) is 5.92 Å². The first-order valence-electron chi connectivity index (χ1n) is 7.04. The molecule has 5 nitrogen and oxygen atoms in total. The van der Waals surface area contributed by atoms with Gasteiger partial charge in [-0.25, -0.2) is 8.42 Å². The lowest BCUT2D eigenvalue weighted by molar-refractivity contribution is -0.141. The van der Waals surface area contributed by atoms with Gasteiger partial charge in [0.05, 0.1) is 5.92 Å². The molecule has 1 aromatic carbocycles. The molecule has 3 rings (SSSR count). The highest BCUT2D eigenvalue weighted by atomic mass is 32.2. The monoisotopic (exact) mass is 339 g/mol. The van der Waals surface area contributed by atoms with Crippen molar-refractivity contribution in [1.82, 2.24) is 4.31 Å². The van der Waals surface area contributed by atoms with E-state index in [9.17, 15) is 13.2 Å². The summed E-state index contributed by atoms with van der Waals surface area (Å²) in [5, 5.41) is 9.81. The highest BCUT2D eigenvalue weighted by Crippen LogP contribution is 2.38. The molecular weight excluding hydrogens is 322 g/mol. The second-order valence-corrected chi connectivity index (χ2v) is 8.73. The first-order chi connectivity index (χ1) is 10.3. The topological polar surface area (TPSA) is 74.7 Å². The summed E-state index contributed by atoms with van der Waals surface area (Å²) in [5.41, 5.74) is 1.05. The third-order valence-electron chi connectivity index (χ3n) is 4.13. The molecule has 0 radical (unpaired) electrons. The van der Waals surface area contributed by atoms with Crippen LogP contribution in [0, 0.1) is 19.8 Å². The van der Waals surface area contributed by atoms with Crippen LogP contribution in [-0.4, -0.2) is 36.9 Å². The molecule has 7 heteroatoms. The number of carboxylic acid groups (broad SMARTS) is 1. The highest BCUT2D eigenvalue weighted by molar-refractivity contribution is 7.89. The molecule has 1 unspecified atom stereocenters. The molecule has 118 valence electrons. The number of nitrogens with zero attached hydrogens (tertiary/aromatic N) is 1. The lowest BCUT2D eigenvalue weighted by Gasteiger charge is -2.16. The quantitative estimate of drug-likeness (QED) is 0.933. The molecule has 2 aromatic rings. The summed E-state index contributed by atoms with van der Waals surface area (Å²) < 4.78 is 28.2. The summed E-state index contributed by atoms with van der Waals surface area (Å²) in [5.74, 6) is -1.54. The van der Waals surface area contributed by atoms with Crippen LogP contribution in [0.5, 0.6) is 0 Å². The zero-order valence-electron chi connectivity index (χ0n) is 12.4. The van der Waals surface area contributed by atoms with Gasteiger partial charge in [0.25, 0.3) is 0 Å². The van der Waals surface area contributed by atoms with Crippen molar-refractivity contribution in [3.05, 3.63) is 28.6 Å². The van der Waals surface area contributed by atoms with E-state index < -0.39 is 21.9 Å². The van der Waals surface area contributed by atoms with Crippen molar-refractivity contribution in [3.8, 4) is 0 Å². The Kier molecular flexibility index (Phi) is 3.74. The van der Waals surface area contributed by atoms with Gasteiger partial charge in [0, 0.05) is 28.1 Å². The summed E-state index contributed by atoms with van der Waals surface area (Å²) >= 11 is 1.48. The minimum atomic E-state index is -3.66. The molecular formula is C15H17NO4S2. The summed E-state index contributed by atoms with van der Waals surface area (Å²) in [4.78, 5) is 12.2. The Bertz CT molecular complexity index is 854. The lowest BCUT2D eigenvalue weighted by Crippen LogP contribution is -2.30. The molecule has 1 aliphatic heterocycles. The smallest absolute Gasteiger partial charge is 0.307 e. The number of sulfonamides is 1. The molecule has 0 aliphatic carbocycles. The Labute approximate surface area is 133 Å². The average Bonchev–Trinajstić information content (AvgIpc) is 3.03. The molecule has 1 saturated heterocycles. The number of aliphatic carboxylic acids is 1. The number of rotatable bonds is 3. The van der Waals surface area contributed by atoms with Crippen LogP contribution in [0.1, 0.15) is 16.9 Å². The maximum atomic E-state index is 12.9. The zero-order valence-corrected chi connectivity index (χ0v) is 14.0. The summed E-state index contributed by atoms with van der Waals surface area (Å²) in [6.45, 7) is 4.09. The number of carbonyl (C=O) groups is 1. The third kappa shape index (κ3) is 2.33. The first-order valence-corrected chi connectivity index (χ1v) is 9.29. The van der Waals surface area contributed by atoms with Gasteiger partial charge >= 0.3 is 5.97 Å². The molecule has 1 N–H and O–H groups in total. The van der Waals surface area contributed by atoms with Crippen molar-refractivity contribution in [2.75, 3.05) is 13.1 Å². The molecule has 1 aliphatic rings. The van der Waals surface area contributed by atoms with E-state index in [1.165, 1.54) is 15.6 Å². The SMILES string of the molecule is Cc1sc2c(C)cccc2c1S(=O)(=O)N1CCC(C(=O)O)C1. The fraction of sp³-hybridized carbons (Fsp3) is 0.400. The molecule has 0 spiro atoms. The van der Waals surface area contributed by atoms with Gasteiger partial charge in [-0.3, -0.25) is 4.79 Å². The molecule has 2 heterocycles. The van der Waals surface area contributed by atoms with Crippen molar-refractivity contribution < 1.29 is 18.3 Å². The van der Waals surface area contributed by atoms with Crippen LogP contribution in [0.3, 0.4) is 0 Å². The molecule has 0 amide bonds. The zero-order chi connectivity index (χ0) is 16.1. The minimum absolute atomic E-state index is 0.0558. The molecule has 1 atom stereocenters. The van der Waals surface area contributed by atoms with E-state index >= 15 is 0 Å². The number of thiophene rings is 1. The summed E-state index contributed by atoms with van der Waals surface area (Å²) in [6.07, 6.45) is 0.370. The van der Waals surface area contributed by atoms with Crippen LogP contribution in [0.4, 0.5) is 0 Å². The van der Waals surface area contributed by atoms with Gasteiger partial charge in [-0.15, -0.1) is 11.3 Å².